The molecule has 1 aliphatic rings. The third-order valence-electron chi connectivity index (χ3n) is 6.20. The van der Waals surface area contributed by atoms with Crippen molar-refractivity contribution in [2.75, 3.05) is 19.6 Å². The van der Waals surface area contributed by atoms with Gasteiger partial charge in [0.15, 0.2) is 0 Å². The molecule has 0 radical (unpaired) electrons. The number of aromatic nitrogens is 4. The first kappa shape index (κ1) is 19.0. The Labute approximate surface area is 175 Å². The standard InChI is InChI=1S/C24H26FN5/c1-17-8-10-29(11-9-17)12-13-30-16-26-23(18-2-5-21(25)6-3-18)24(30)19-4-7-22-20(14-19)15-27-28-22/h2-7,14-17H,8-13H2,1H3,(H,27,28). The Balaban J connectivity index is 1.50. The Morgan fingerprint density at radius 3 is 2.60 bits per heavy atom. The molecule has 5 nitrogen and oxygen atoms in total. The maximum absolute atomic E-state index is 13.5. The summed E-state index contributed by atoms with van der Waals surface area (Å²) < 4.78 is 15.7. The Morgan fingerprint density at radius 1 is 1.03 bits per heavy atom. The number of hydrogen-bond acceptors (Lipinski definition) is 3. The molecule has 2 aromatic carbocycles. The fraction of sp³-hybridized carbons (Fsp3) is 0.333. The van der Waals surface area contributed by atoms with E-state index in [0.29, 0.717) is 0 Å². The van der Waals surface area contributed by atoms with Gasteiger partial charge in [0, 0.05) is 29.6 Å². The van der Waals surface area contributed by atoms with E-state index in [2.05, 4.69) is 44.8 Å². The molecule has 1 saturated heterocycles. The van der Waals surface area contributed by atoms with E-state index in [1.165, 1.54) is 25.0 Å². The van der Waals surface area contributed by atoms with Crippen molar-refractivity contribution >= 4 is 10.9 Å². The zero-order valence-electron chi connectivity index (χ0n) is 17.2. The van der Waals surface area contributed by atoms with E-state index in [-0.39, 0.29) is 5.82 Å². The number of H-pyrrole nitrogens is 1. The molecule has 0 spiro atoms. The summed E-state index contributed by atoms with van der Waals surface area (Å²) in [6.07, 6.45) is 6.30. The van der Waals surface area contributed by atoms with E-state index < -0.39 is 0 Å². The minimum Gasteiger partial charge on any atom is -0.329 e. The first-order valence-electron chi connectivity index (χ1n) is 10.6. The second-order valence-electron chi connectivity index (χ2n) is 8.34. The number of hydrogen-bond donors (Lipinski definition) is 1. The molecule has 4 aromatic rings. The molecule has 30 heavy (non-hydrogen) atoms. The lowest BCUT2D eigenvalue weighted by Crippen LogP contribution is -2.35. The lowest BCUT2D eigenvalue weighted by atomic mass is 9.99. The Hall–Kier alpha value is -2.99. The molecule has 0 bridgehead atoms. The molecule has 6 heteroatoms. The van der Waals surface area contributed by atoms with Gasteiger partial charge in [-0.2, -0.15) is 5.10 Å². The highest BCUT2D eigenvalue weighted by atomic mass is 19.1. The monoisotopic (exact) mass is 403 g/mol. The normalized spacial score (nSPS) is 15.8. The van der Waals surface area contributed by atoms with Crippen molar-refractivity contribution in [1.29, 1.82) is 0 Å². The van der Waals surface area contributed by atoms with Crippen molar-refractivity contribution in [1.82, 2.24) is 24.6 Å². The fourth-order valence-electron chi connectivity index (χ4n) is 4.30. The van der Waals surface area contributed by atoms with Crippen LogP contribution in [0.4, 0.5) is 4.39 Å². The number of nitrogens with one attached hydrogen (secondary N) is 1. The summed E-state index contributed by atoms with van der Waals surface area (Å²) in [7, 11) is 0. The summed E-state index contributed by atoms with van der Waals surface area (Å²) in [5.41, 5.74) is 4.97. The van der Waals surface area contributed by atoms with Crippen LogP contribution in [0, 0.1) is 11.7 Å². The van der Waals surface area contributed by atoms with Crippen LogP contribution in [-0.2, 0) is 6.54 Å². The van der Waals surface area contributed by atoms with Gasteiger partial charge in [-0.25, -0.2) is 9.37 Å². The summed E-state index contributed by atoms with van der Waals surface area (Å²) in [6, 6.07) is 12.9. The second-order valence-corrected chi connectivity index (χ2v) is 8.34. The number of piperidine rings is 1. The van der Waals surface area contributed by atoms with Crippen LogP contribution >= 0.6 is 0 Å². The van der Waals surface area contributed by atoms with E-state index in [9.17, 15) is 4.39 Å². The van der Waals surface area contributed by atoms with Gasteiger partial charge in [0.2, 0.25) is 0 Å². The van der Waals surface area contributed by atoms with Gasteiger partial charge in [0.25, 0.3) is 0 Å². The average Bonchev–Trinajstić information content (AvgIpc) is 3.40. The minimum absolute atomic E-state index is 0.237. The molecule has 0 amide bonds. The van der Waals surface area contributed by atoms with Gasteiger partial charge in [-0.1, -0.05) is 13.0 Å². The quantitative estimate of drug-likeness (QED) is 0.512. The molecular weight excluding hydrogens is 377 g/mol. The zero-order valence-corrected chi connectivity index (χ0v) is 17.2. The molecule has 5 rings (SSSR count). The van der Waals surface area contributed by atoms with E-state index >= 15 is 0 Å². The molecule has 1 fully saturated rings. The maximum atomic E-state index is 13.5. The third kappa shape index (κ3) is 3.75. The predicted octanol–water partition coefficient (Wildman–Crippen LogP) is 4.96. The number of benzene rings is 2. The van der Waals surface area contributed by atoms with Crippen LogP contribution in [0.1, 0.15) is 19.8 Å². The number of likely N-dealkylation sites (tertiary alicyclic amines) is 1. The van der Waals surface area contributed by atoms with Gasteiger partial charge in [-0.05, 0) is 68.2 Å². The number of halogens is 1. The molecule has 0 unspecified atom stereocenters. The van der Waals surface area contributed by atoms with Crippen LogP contribution in [0.25, 0.3) is 33.4 Å². The molecule has 1 N–H and O–H groups in total. The van der Waals surface area contributed by atoms with Crippen LogP contribution in [0.15, 0.2) is 55.0 Å². The Kier molecular flexibility index (Phi) is 5.09. The second kappa shape index (κ2) is 8.03. The fourth-order valence-corrected chi connectivity index (χ4v) is 4.30. The van der Waals surface area contributed by atoms with E-state index in [1.54, 1.807) is 12.1 Å². The SMILES string of the molecule is CC1CCN(CCn2cnc(-c3ccc(F)cc3)c2-c2ccc3[nH]ncc3c2)CC1. The van der Waals surface area contributed by atoms with E-state index in [1.807, 2.05) is 12.5 Å². The predicted molar refractivity (Wildman–Crippen MR) is 118 cm³/mol. The van der Waals surface area contributed by atoms with Crippen molar-refractivity contribution in [2.24, 2.45) is 5.92 Å². The van der Waals surface area contributed by atoms with Gasteiger partial charge in [0.05, 0.1) is 29.4 Å². The average molecular weight is 404 g/mol. The molecule has 2 aromatic heterocycles. The molecule has 0 aliphatic carbocycles. The van der Waals surface area contributed by atoms with Crippen molar-refractivity contribution in [3.05, 3.63) is 60.8 Å². The largest absolute Gasteiger partial charge is 0.329 e. The summed E-state index contributed by atoms with van der Waals surface area (Å²) in [5.74, 6) is 0.593. The van der Waals surface area contributed by atoms with Gasteiger partial charge >= 0.3 is 0 Å². The molecule has 0 atom stereocenters. The van der Waals surface area contributed by atoms with Gasteiger partial charge < -0.3 is 9.47 Å². The molecule has 1 aliphatic heterocycles. The molecule has 154 valence electrons. The van der Waals surface area contributed by atoms with Crippen molar-refractivity contribution in [3.8, 4) is 22.5 Å². The van der Waals surface area contributed by atoms with Crippen molar-refractivity contribution < 1.29 is 4.39 Å². The van der Waals surface area contributed by atoms with Gasteiger partial charge in [-0.15, -0.1) is 0 Å². The minimum atomic E-state index is -0.237. The summed E-state index contributed by atoms with van der Waals surface area (Å²) in [6.45, 7) is 6.55. The lowest BCUT2D eigenvalue weighted by molar-refractivity contribution is 0.187. The third-order valence-corrected chi connectivity index (χ3v) is 6.20. The van der Waals surface area contributed by atoms with Gasteiger partial charge in [0.1, 0.15) is 5.82 Å². The first-order valence-corrected chi connectivity index (χ1v) is 10.6. The van der Waals surface area contributed by atoms with Crippen LogP contribution in [-0.4, -0.2) is 44.3 Å². The number of rotatable bonds is 5. The van der Waals surface area contributed by atoms with Crippen LogP contribution in [0.2, 0.25) is 0 Å². The first-order chi connectivity index (χ1) is 14.7. The Bertz CT molecular complexity index is 1140. The van der Waals surface area contributed by atoms with Crippen LogP contribution in [0.3, 0.4) is 0 Å². The molecule has 0 saturated carbocycles. The number of aromatic amines is 1. The number of imidazole rings is 1. The van der Waals surface area contributed by atoms with Crippen LogP contribution < -0.4 is 0 Å². The number of nitrogens with zero attached hydrogens (tertiary/aromatic N) is 4. The van der Waals surface area contributed by atoms with Gasteiger partial charge in [-0.3, -0.25) is 5.10 Å². The van der Waals surface area contributed by atoms with Crippen LogP contribution in [0.5, 0.6) is 0 Å². The molecule has 3 heterocycles. The lowest BCUT2D eigenvalue weighted by Gasteiger charge is -2.30. The maximum Gasteiger partial charge on any atom is 0.123 e. The van der Waals surface area contributed by atoms with E-state index in [4.69, 9.17) is 4.98 Å². The highest BCUT2D eigenvalue weighted by Gasteiger charge is 2.19. The van der Waals surface area contributed by atoms with Crippen molar-refractivity contribution in [2.45, 2.75) is 26.3 Å². The highest BCUT2D eigenvalue weighted by Crippen LogP contribution is 2.33. The number of fused-ring (bicyclic) bond motifs is 1. The topological polar surface area (TPSA) is 49.7 Å². The Morgan fingerprint density at radius 2 is 1.80 bits per heavy atom. The highest BCUT2D eigenvalue weighted by molar-refractivity contribution is 5.87. The van der Waals surface area contributed by atoms with Crippen molar-refractivity contribution in [3.63, 3.8) is 0 Å². The van der Waals surface area contributed by atoms with E-state index in [0.717, 1.165) is 65.5 Å². The smallest absolute Gasteiger partial charge is 0.123 e. The summed E-state index contributed by atoms with van der Waals surface area (Å²) >= 11 is 0. The molecular formula is C24H26FN5. The summed E-state index contributed by atoms with van der Waals surface area (Å²) in [4.78, 5) is 7.28. The summed E-state index contributed by atoms with van der Waals surface area (Å²) in [5, 5.41) is 8.22. The zero-order chi connectivity index (χ0) is 20.5.